The maximum Gasteiger partial charge on any atom is 0.195 e. The van der Waals surface area contributed by atoms with Crippen molar-refractivity contribution in [1.82, 2.24) is 10.3 Å². The molecule has 0 spiro atoms. The van der Waals surface area contributed by atoms with Crippen LogP contribution in [0.25, 0.3) is 10.9 Å². The van der Waals surface area contributed by atoms with Crippen molar-refractivity contribution in [3.63, 3.8) is 0 Å². The summed E-state index contributed by atoms with van der Waals surface area (Å²) in [6.07, 6.45) is 2.19. The summed E-state index contributed by atoms with van der Waals surface area (Å²) in [5.74, 6) is 0.902. The Morgan fingerprint density at radius 3 is 2.67 bits per heavy atom. The van der Waals surface area contributed by atoms with Crippen LogP contribution < -0.4 is 10.1 Å². The fourth-order valence-electron chi connectivity index (χ4n) is 4.85. The minimum atomic E-state index is -0.385. The van der Waals surface area contributed by atoms with E-state index in [0.717, 1.165) is 70.5 Å². The summed E-state index contributed by atoms with van der Waals surface area (Å²) in [4.78, 5) is 17.0. The molecule has 1 fully saturated rings. The molecule has 5 rings (SSSR count). The highest BCUT2D eigenvalue weighted by Gasteiger charge is 2.40. The van der Waals surface area contributed by atoms with Crippen LogP contribution in [-0.2, 0) is 5.41 Å². The van der Waals surface area contributed by atoms with Crippen molar-refractivity contribution in [2.45, 2.75) is 45.1 Å². The standard InChI is InChI=1S/C25H25N3O2/c1-14-10-18-19(12-21(14)30-16-6-8-27-9-7-16)25(2,3)24-22(23(18)29)17-5-4-15(13-26)11-20(17)28-24/h4-5,10-12,16,27-28H,6-9H2,1-3H3. The molecule has 2 heterocycles. The first-order valence-corrected chi connectivity index (χ1v) is 10.5. The molecule has 1 saturated heterocycles. The molecular weight excluding hydrogens is 374 g/mol. The van der Waals surface area contributed by atoms with Crippen molar-refractivity contribution in [2.24, 2.45) is 0 Å². The van der Waals surface area contributed by atoms with Gasteiger partial charge in [-0.3, -0.25) is 4.79 Å². The maximum absolute atomic E-state index is 13.5. The average molecular weight is 399 g/mol. The van der Waals surface area contributed by atoms with E-state index in [2.05, 4.69) is 36.3 Å². The number of H-pyrrole nitrogens is 1. The Balaban J connectivity index is 1.64. The zero-order valence-electron chi connectivity index (χ0n) is 17.6. The number of aryl methyl sites for hydroxylation is 1. The van der Waals surface area contributed by atoms with Gasteiger partial charge in [0.2, 0.25) is 0 Å². The molecule has 0 amide bonds. The number of piperidine rings is 1. The molecule has 2 N–H and O–H groups in total. The molecule has 2 aromatic carbocycles. The second kappa shape index (κ2) is 6.72. The molecule has 0 unspecified atom stereocenters. The first-order chi connectivity index (χ1) is 14.4. The Morgan fingerprint density at radius 2 is 1.93 bits per heavy atom. The number of nitrogens with one attached hydrogen (secondary N) is 2. The van der Waals surface area contributed by atoms with Crippen LogP contribution in [-0.4, -0.2) is 30.0 Å². The van der Waals surface area contributed by atoms with Gasteiger partial charge in [-0.1, -0.05) is 19.9 Å². The van der Waals surface area contributed by atoms with Crippen molar-refractivity contribution >= 4 is 16.7 Å². The van der Waals surface area contributed by atoms with Gasteiger partial charge >= 0.3 is 0 Å². The Hall–Kier alpha value is -3.10. The van der Waals surface area contributed by atoms with Gasteiger partial charge in [-0.2, -0.15) is 5.26 Å². The highest BCUT2D eigenvalue weighted by Crippen LogP contribution is 2.45. The number of carbonyl (C=O) groups is 1. The lowest BCUT2D eigenvalue weighted by Gasteiger charge is -2.33. The van der Waals surface area contributed by atoms with E-state index in [1.165, 1.54) is 0 Å². The number of ketones is 1. The number of nitriles is 1. The van der Waals surface area contributed by atoms with E-state index in [9.17, 15) is 10.1 Å². The third-order valence-electron chi connectivity index (χ3n) is 6.59. The SMILES string of the molecule is Cc1cc2c(cc1OC1CCNCC1)C(C)(C)c1[nH]c3cc(C#N)ccc3c1C2=O. The van der Waals surface area contributed by atoms with Crippen LogP contribution in [0.15, 0.2) is 30.3 Å². The van der Waals surface area contributed by atoms with Crippen molar-refractivity contribution in [2.75, 3.05) is 13.1 Å². The lowest BCUT2D eigenvalue weighted by molar-refractivity contribution is 0.103. The van der Waals surface area contributed by atoms with Crippen LogP contribution in [0.2, 0.25) is 0 Å². The fraction of sp³-hybridized carbons (Fsp3) is 0.360. The predicted molar refractivity (Wildman–Crippen MR) is 116 cm³/mol. The van der Waals surface area contributed by atoms with Crippen LogP contribution >= 0.6 is 0 Å². The number of fused-ring (bicyclic) bond motifs is 4. The van der Waals surface area contributed by atoms with Crippen LogP contribution in [0.5, 0.6) is 5.75 Å². The molecule has 1 aliphatic carbocycles. The second-order valence-corrected chi connectivity index (χ2v) is 8.93. The third-order valence-corrected chi connectivity index (χ3v) is 6.59. The number of ether oxygens (including phenoxy) is 1. The smallest absolute Gasteiger partial charge is 0.195 e. The predicted octanol–water partition coefficient (Wildman–Crippen LogP) is 4.35. The van der Waals surface area contributed by atoms with Gasteiger partial charge in [0.15, 0.2) is 5.78 Å². The van der Waals surface area contributed by atoms with Crippen LogP contribution in [0.1, 0.15) is 65.0 Å². The molecule has 1 aromatic heterocycles. The normalized spacial score (nSPS) is 18.0. The molecular formula is C25H25N3O2. The van der Waals surface area contributed by atoms with Crippen molar-refractivity contribution in [3.05, 3.63) is 63.8 Å². The quantitative estimate of drug-likeness (QED) is 0.672. The topological polar surface area (TPSA) is 77.9 Å². The van der Waals surface area contributed by atoms with Gasteiger partial charge in [-0.25, -0.2) is 0 Å². The van der Waals surface area contributed by atoms with E-state index in [0.29, 0.717) is 5.56 Å². The summed E-state index contributed by atoms with van der Waals surface area (Å²) in [7, 11) is 0. The molecule has 30 heavy (non-hydrogen) atoms. The highest BCUT2D eigenvalue weighted by atomic mass is 16.5. The molecule has 0 bridgehead atoms. The van der Waals surface area contributed by atoms with Crippen molar-refractivity contribution in [3.8, 4) is 11.8 Å². The highest BCUT2D eigenvalue weighted by molar-refractivity contribution is 6.20. The minimum Gasteiger partial charge on any atom is -0.490 e. The van der Waals surface area contributed by atoms with Gasteiger partial charge in [0, 0.05) is 27.6 Å². The van der Waals surface area contributed by atoms with Gasteiger partial charge in [0.1, 0.15) is 11.9 Å². The second-order valence-electron chi connectivity index (χ2n) is 8.93. The lowest BCUT2D eigenvalue weighted by Crippen LogP contribution is -2.34. The molecule has 5 nitrogen and oxygen atoms in total. The first kappa shape index (κ1) is 18.9. The summed E-state index contributed by atoms with van der Waals surface area (Å²) in [5, 5.41) is 13.5. The summed E-state index contributed by atoms with van der Waals surface area (Å²) in [6.45, 7) is 8.24. The molecule has 1 aliphatic heterocycles. The number of hydrogen-bond donors (Lipinski definition) is 2. The zero-order chi connectivity index (χ0) is 21.0. The van der Waals surface area contributed by atoms with Gasteiger partial charge in [-0.15, -0.1) is 0 Å². The molecule has 152 valence electrons. The number of benzene rings is 2. The monoisotopic (exact) mass is 399 g/mol. The van der Waals surface area contributed by atoms with Gasteiger partial charge in [0.05, 0.1) is 17.2 Å². The van der Waals surface area contributed by atoms with Crippen LogP contribution in [0.3, 0.4) is 0 Å². The third kappa shape index (κ3) is 2.75. The number of carbonyl (C=O) groups excluding carboxylic acids is 1. The Morgan fingerprint density at radius 1 is 1.17 bits per heavy atom. The molecule has 0 atom stereocenters. The van der Waals surface area contributed by atoms with Gasteiger partial charge < -0.3 is 15.0 Å². The van der Waals surface area contributed by atoms with E-state index in [-0.39, 0.29) is 17.3 Å². The average Bonchev–Trinajstić information content (AvgIpc) is 3.14. The van der Waals surface area contributed by atoms with Crippen molar-refractivity contribution in [1.29, 1.82) is 5.26 Å². The number of nitrogens with zero attached hydrogens (tertiary/aromatic N) is 1. The summed E-state index contributed by atoms with van der Waals surface area (Å²) >= 11 is 0. The number of hydrogen-bond acceptors (Lipinski definition) is 4. The van der Waals surface area contributed by atoms with Crippen molar-refractivity contribution < 1.29 is 9.53 Å². The molecule has 0 radical (unpaired) electrons. The van der Waals surface area contributed by atoms with E-state index in [1.807, 2.05) is 25.1 Å². The number of rotatable bonds is 2. The Bertz CT molecular complexity index is 1220. The largest absolute Gasteiger partial charge is 0.490 e. The molecule has 3 aromatic rings. The summed E-state index contributed by atoms with van der Waals surface area (Å²) in [6, 6.07) is 11.7. The molecule has 5 heteroatoms. The lowest BCUT2D eigenvalue weighted by atomic mass is 9.71. The van der Waals surface area contributed by atoms with E-state index < -0.39 is 0 Å². The summed E-state index contributed by atoms with van der Waals surface area (Å²) < 4.78 is 6.36. The van der Waals surface area contributed by atoms with Crippen LogP contribution in [0, 0.1) is 18.3 Å². The molecule has 2 aliphatic rings. The number of aromatic amines is 1. The fourth-order valence-corrected chi connectivity index (χ4v) is 4.85. The van der Waals surface area contributed by atoms with Gasteiger partial charge in [0.25, 0.3) is 0 Å². The van der Waals surface area contributed by atoms with Gasteiger partial charge in [-0.05, 0) is 68.2 Å². The first-order valence-electron chi connectivity index (χ1n) is 10.5. The molecule has 0 saturated carbocycles. The maximum atomic E-state index is 13.5. The van der Waals surface area contributed by atoms with E-state index in [1.54, 1.807) is 6.07 Å². The minimum absolute atomic E-state index is 0.0341. The van der Waals surface area contributed by atoms with E-state index in [4.69, 9.17) is 4.74 Å². The Kier molecular flexibility index (Phi) is 4.23. The van der Waals surface area contributed by atoms with E-state index >= 15 is 0 Å². The number of aromatic nitrogens is 1. The van der Waals surface area contributed by atoms with Crippen LogP contribution in [0.4, 0.5) is 0 Å². The zero-order valence-corrected chi connectivity index (χ0v) is 17.6. The Labute approximate surface area is 176 Å². The summed E-state index contributed by atoms with van der Waals surface area (Å²) in [5.41, 5.74) is 5.37.